The first-order chi connectivity index (χ1) is 16.4. The van der Waals surface area contributed by atoms with E-state index in [4.69, 9.17) is 4.74 Å². The molecule has 0 spiro atoms. The fraction of sp³-hybridized carbons (Fsp3) is 0.222. The van der Waals surface area contributed by atoms with E-state index in [1.807, 2.05) is 54.6 Å². The zero-order chi connectivity index (χ0) is 24.1. The summed E-state index contributed by atoms with van der Waals surface area (Å²) in [6.07, 6.45) is -0.992. The molecule has 7 nitrogen and oxygen atoms in total. The number of hydrogen-bond donors (Lipinski definition) is 3. The minimum atomic E-state index is -1.39. The topological polar surface area (TPSA) is 113 Å². The number of carbonyl (C=O) groups is 3. The van der Waals surface area contributed by atoms with Crippen LogP contribution in [0.2, 0.25) is 0 Å². The molecule has 0 radical (unpaired) electrons. The van der Waals surface area contributed by atoms with Crippen molar-refractivity contribution >= 4 is 18.0 Å². The van der Waals surface area contributed by atoms with E-state index in [9.17, 15) is 24.6 Å². The molecule has 2 atom stereocenters. The summed E-state index contributed by atoms with van der Waals surface area (Å²) in [7, 11) is 0. The van der Waals surface area contributed by atoms with Crippen LogP contribution in [0.15, 0.2) is 78.9 Å². The first-order valence-electron chi connectivity index (χ1n) is 11.0. The van der Waals surface area contributed by atoms with Crippen molar-refractivity contribution < 1.29 is 29.3 Å². The quantitative estimate of drug-likeness (QED) is 0.439. The largest absolute Gasteiger partial charge is 0.481 e. The van der Waals surface area contributed by atoms with Crippen molar-refractivity contribution in [2.24, 2.45) is 5.92 Å². The fourth-order valence-corrected chi connectivity index (χ4v) is 4.46. The van der Waals surface area contributed by atoms with Gasteiger partial charge in [0.2, 0.25) is 0 Å². The average Bonchev–Trinajstić information content (AvgIpc) is 3.16. The second-order valence-corrected chi connectivity index (χ2v) is 8.32. The predicted molar refractivity (Wildman–Crippen MR) is 126 cm³/mol. The van der Waals surface area contributed by atoms with Gasteiger partial charge in [0.25, 0.3) is 0 Å². The maximum atomic E-state index is 12.5. The number of nitrogens with one attached hydrogen (secondary N) is 1. The molecule has 3 N–H and O–H groups in total. The molecule has 4 rings (SSSR count). The van der Waals surface area contributed by atoms with Gasteiger partial charge in [-0.25, -0.2) is 9.59 Å². The highest BCUT2D eigenvalue weighted by molar-refractivity contribution is 5.82. The highest BCUT2D eigenvalue weighted by Gasteiger charge is 2.31. The standard InChI is InChI=1S/C27H25NO6/c29-25(30)18(14-17-8-2-1-3-9-17)15-24(26(31)32)28-27(33)34-16-23-21-12-6-4-10-19(21)20-11-5-7-13-22(20)23/h1-13,18,23-24H,14-16H2,(H,28,33)(H,29,30)(H,31,32)/t18-,24+/m1/s1. The van der Waals surface area contributed by atoms with E-state index in [0.717, 1.165) is 27.8 Å². The maximum Gasteiger partial charge on any atom is 0.407 e. The van der Waals surface area contributed by atoms with Gasteiger partial charge in [0, 0.05) is 5.92 Å². The van der Waals surface area contributed by atoms with Gasteiger partial charge in [0.05, 0.1) is 5.92 Å². The number of aliphatic carboxylic acids is 2. The maximum absolute atomic E-state index is 12.5. The Balaban J connectivity index is 1.41. The molecule has 1 amide bonds. The molecule has 3 aromatic rings. The van der Waals surface area contributed by atoms with Crippen LogP contribution in [-0.2, 0) is 20.7 Å². The van der Waals surface area contributed by atoms with Crippen LogP contribution >= 0.6 is 0 Å². The van der Waals surface area contributed by atoms with Crippen LogP contribution in [0.3, 0.4) is 0 Å². The van der Waals surface area contributed by atoms with E-state index in [0.29, 0.717) is 0 Å². The molecule has 0 fully saturated rings. The summed E-state index contributed by atoms with van der Waals surface area (Å²) in [5.74, 6) is -3.57. The van der Waals surface area contributed by atoms with Crippen molar-refractivity contribution in [1.82, 2.24) is 5.32 Å². The molecule has 34 heavy (non-hydrogen) atoms. The van der Waals surface area contributed by atoms with Gasteiger partial charge >= 0.3 is 18.0 Å². The number of alkyl carbamates (subject to hydrolysis) is 1. The van der Waals surface area contributed by atoms with E-state index in [1.54, 1.807) is 24.3 Å². The van der Waals surface area contributed by atoms with Gasteiger partial charge in [-0.05, 0) is 40.7 Å². The summed E-state index contributed by atoms with van der Waals surface area (Å²) < 4.78 is 5.42. The smallest absolute Gasteiger partial charge is 0.407 e. The molecular weight excluding hydrogens is 434 g/mol. The second-order valence-electron chi connectivity index (χ2n) is 8.32. The first-order valence-corrected chi connectivity index (χ1v) is 11.0. The third kappa shape index (κ3) is 5.09. The number of carbonyl (C=O) groups excluding carboxylic acids is 1. The lowest BCUT2D eigenvalue weighted by Crippen LogP contribution is -2.43. The van der Waals surface area contributed by atoms with E-state index in [-0.39, 0.29) is 25.4 Å². The van der Waals surface area contributed by atoms with Crippen molar-refractivity contribution in [3.8, 4) is 11.1 Å². The molecule has 0 saturated heterocycles. The Kier molecular flexibility index (Phi) is 6.92. The molecule has 0 heterocycles. The van der Waals surface area contributed by atoms with Crippen LogP contribution in [0.4, 0.5) is 4.79 Å². The zero-order valence-electron chi connectivity index (χ0n) is 18.4. The van der Waals surface area contributed by atoms with Crippen LogP contribution in [0, 0.1) is 5.92 Å². The number of amides is 1. The number of carboxylic acid groups (broad SMARTS) is 2. The Morgan fingerprint density at radius 1 is 0.794 bits per heavy atom. The summed E-state index contributed by atoms with van der Waals surface area (Å²) in [6.45, 7) is 0.0403. The minimum Gasteiger partial charge on any atom is -0.481 e. The first kappa shape index (κ1) is 23.0. The zero-order valence-corrected chi connectivity index (χ0v) is 18.4. The highest BCUT2D eigenvalue weighted by atomic mass is 16.5. The number of hydrogen-bond acceptors (Lipinski definition) is 4. The number of carboxylic acids is 2. The molecule has 0 aromatic heterocycles. The molecule has 1 aliphatic rings. The SMILES string of the molecule is O=C(N[C@@H](C[C@@H](Cc1ccccc1)C(=O)O)C(=O)O)OCC1c2ccccc2-c2ccccc21. The summed E-state index contributed by atoms with van der Waals surface area (Å²) in [4.78, 5) is 36.0. The molecule has 3 aromatic carbocycles. The number of ether oxygens (including phenoxy) is 1. The number of fused-ring (bicyclic) bond motifs is 3. The lowest BCUT2D eigenvalue weighted by atomic mass is 9.93. The number of rotatable bonds is 9. The molecule has 0 aliphatic heterocycles. The van der Waals surface area contributed by atoms with Crippen molar-refractivity contribution in [3.05, 3.63) is 95.6 Å². The third-order valence-electron chi connectivity index (χ3n) is 6.13. The predicted octanol–water partition coefficient (Wildman–Crippen LogP) is 4.31. The average molecular weight is 459 g/mol. The second kappa shape index (κ2) is 10.2. The third-order valence-corrected chi connectivity index (χ3v) is 6.13. The van der Waals surface area contributed by atoms with Crippen molar-refractivity contribution in [2.75, 3.05) is 6.61 Å². The van der Waals surface area contributed by atoms with Gasteiger partial charge in [-0.15, -0.1) is 0 Å². The van der Waals surface area contributed by atoms with Crippen molar-refractivity contribution in [2.45, 2.75) is 24.8 Å². The van der Waals surface area contributed by atoms with Gasteiger partial charge < -0.3 is 20.3 Å². The number of benzene rings is 3. The Labute approximate surface area is 197 Å². The van der Waals surface area contributed by atoms with Gasteiger partial charge in [-0.1, -0.05) is 78.9 Å². The molecule has 174 valence electrons. The van der Waals surface area contributed by atoms with Crippen LogP contribution in [0.1, 0.15) is 29.0 Å². The van der Waals surface area contributed by atoms with Gasteiger partial charge in [0.1, 0.15) is 12.6 Å². The minimum absolute atomic E-state index is 0.0403. The van der Waals surface area contributed by atoms with Crippen LogP contribution in [0.25, 0.3) is 11.1 Å². The van der Waals surface area contributed by atoms with Crippen LogP contribution in [0.5, 0.6) is 0 Å². The highest BCUT2D eigenvalue weighted by Crippen LogP contribution is 2.44. The summed E-state index contributed by atoms with van der Waals surface area (Å²) >= 11 is 0. The van der Waals surface area contributed by atoms with Gasteiger partial charge in [-0.3, -0.25) is 4.79 Å². The Morgan fingerprint density at radius 2 is 1.35 bits per heavy atom. The lowest BCUT2D eigenvalue weighted by molar-refractivity contribution is -0.144. The van der Waals surface area contributed by atoms with E-state index in [1.165, 1.54) is 0 Å². The normalized spacial score (nSPS) is 13.9. The van der Waals surface area contributed by atoms with Gasteiger partial charge in [-0.2, -0.15) is 0 Å². The van der Waals surface area contributed by atoms with E-state index < -0.39 is 30.0 Å². The summed E-state index contributed by atoms with van der Waals surface area (Å²) in [5.41, 5.74) is 5.03. The van der Waals surface area contributed by atoms with Gasteiger partial charge in [0.15, 0.2) is 0 Å². The Hall–Kier alpha value is -4.13. The molecule has 0 saturated carbocycles. The van der Waals surface area contributed by atoms with E-state index >= 15 is 0 Å². The Morgan fingerprint density at radius 3 is 1.91 bits per heavy atom. The van der Waals surface area contributed by atoms with Crippen molar-refractivity contribution in [3.63, 3.8) is 0 Å². The van der Waals surface area contributed by atoms with Crippen LogP contribution < -0.4 is 5.32 Å². The fourth-order valence-electron chi connectivity index (χ4n) is 4.46. The monoisotopic (exact) mass is 459 g/mol. The van der Waals surface area contributed by atoms with E-state index in [2.05, 4.69) is 5.32 Å². The molecular formula is C27H25NO6. The summed E-state index contributed by atoms with van der Waals surface area (Å²) in [6, 6.07) is 23.4. The molecule has 0 bridgehead atoms. The summed E-state index contributed by atoms with van der Waals surface area (Å²) in [5, 5.41) is 21.5. The lowest BCUT2D eigenvalue weighted by Gasteiger charge is -2.20. The molecule has 1 aliphatic carbocycles. The van der Waals surface area contributed by atoms with Crippen LogP contribution in [-0.4, -0.2) is 40.9 Å². The molecule has 0 unspecified atom stereocenters. The molecule has 7 heteroatoms. The van der Waals surface area contributed by atoms with Crippen molar-refractivity contribution in [1.29, 1.82) is 0 Å². The Bertz CT molecular complexity index is 1150.